The van der Waals surface area contributed by atoms with Crippen molar-refractivity contribution in [3.8, 4) is 0 Å². The molecule has 1 aromatic rings. The van der Waals surface area contributed by atoms with E-state index in [1.807, 2.05) is 0 Å². The van der Waals surface area contributed by atoms with Crippen molar-refractivity contribution in [3.05, 3.63) is 23.9 Å². The molecule has 18 heavy (non-hydrogen) atoms. The third-order valence-electron chi connectivity index (χ3n) is 3.38. The number of carboxylic acids is 1. The zero-order valence-electron chi connectivity index (χ0n) is 10.2. The zero-order valence-corrected chi connectivity index (χ0v) is 10.2. The highest BCUT2D eigenvalue weighted by atomic mass is 16.4. The van der Waals surface area contributed by atoms with E-state index < -0.39 is 5.97 Å². The number of nitrogens with one attached hydrogen (secondary N) is 1. The van der Waals surface area contributed by atoms with E-state index in [4.69, 9.17) is 5.11 Å². The lowest BCUT2D eigenvalue weighted by Crippen LogP contribution is -2.29. The van der Waals surface area contributed by atoms with Gasteiger partial charge in [0.2, 0.25) is 0 Å². The van der Waals surface area contributed by atoms with Gasteiger partial charge in [-0.3, -0.25) is 0 Å². The molecule has 0 saturated heterocycles. The fourth-order valence-corrected chi connectivity index (χ4v) is 2.15. The molecule has 5 nitrogen and oxygen atoms in total. The zero-order chi connectivity index (χ0) is 13.0. The van der Waals surface area contributed by atoms with E-state index in [9.17, 15) is 9.90 Å². The molecule has 0 aliphatic heterocycles. The minimum absolute atomic E-state index is 0.0142. The molecule has 2 rings (SSSR count). The van der Waals surface area contributed by atoms with E-state index in [0.29, 0.717) is 11.7 Å². The number of aliphatic hydroxyl groups is 1. The lowest BCUT2D eigenvalue weighted by molar-refractivity contribution is 0.0690. The summed E-state index contributed by atoms with van der Waals surface area (Å²) in [5.74, 6) is 0.142. The average molecular weight is 250 g/mol. The van der Waals surface area contributed by atoms with Gasteiger partial charge in [0, 0.05) is 0 Å². The Balaban J connectivity index is 1.97. The summed E-state index contributed by atoms with van der Waals surface area (Å²) < 4.78 is 0. The van der Waals surface area contributed by atoms with Crippen molar-refractivity contribution in [2.45, 2.75) is 31.7 Å². The van der Waals surface area contributed by atoms with Crippen LogP contribution in [-0.4, -0.2) is 33.8 Å². The molecule has 3 N–H and O–H groups in total. The fourth-order valence-electron chi connectivity index (χ4n) is 2.15. The lowest BCUT2D eigenvalue weighted by Gasteiger charge is -2.29. The summed E-state index contributed by atoms with van der Waals surface area (Å²) in [7, 11) is 0. The quantitative estimate of drug-likeness (QED) is 0.716. The number of pyridine rings is 1. The van der Waals surface area contributed by atoms with Crippen LogP contribution in [0, 0.1) is 5.92 Å². The molecule has 1 unspecified atom stereocenters. The molecule has 1 heterocycles. The summed E-state index contributed by atoms with van der Waals surface area (Å²) in [5, 5.41) is 21.3. The largest absolute Gasteiger partial charge is 0.477 e. The van der Waals surface area contributed by atoms with Crippen LogP contribution in [0.15, 0.2) is 18.2 Å². The molecule has 1 aromatic heterocycles. The standard InChI is InChI=1S/C13H18N2O3/c16-8-10(7-9-3-1-4-9)14-12-6-2-5-11(15-12)13(17)18/h2,5-6,9-10,16H,1,3-4,7-8H2,(H,14,15)(H,17,18). The Bertz CT molecular complexity index is 418. The van der Waals surface area contributed by atoms with Gasteiger partial charge in [-0.15, -0.1) is 0 Å². The van der Waals surface area contributed by atoms with Crippen LogP contribution in [0.5, 0.6) is 0 Å². The smallest absolute Gasteiger partial charge is 0.354 e. The summed E-state index contributed by atoms with van der Waals surface area (Å²) in [5.41, 5.74) is 0.0142. The Kier molecular flexibility index (Phi) is 4.15. The maximum absolute atomic E-state index is 10.8. The van der Waals surface area contributed by atoms with Crippen molar-refractivity contribution >= 4 is 11.8 Å². The van der Waals surface area contributed by atoms with Crippen molar-refractivity contribution in [1.82, 2.24) is 4.98 Å². The van der Waals surface area contributed by atoms with Gasteiger partial charge >= 0.3 is 5.97 Å². The first-order valence-electron chi connectivity index (χ1n) is 6.27. The Labute approximate surface area is 106 Å². The Morgan fingerprint density at radius 2 is 2.28 bits per heavy atom. The van der Waals surface area contributed by atoms with E-state index in [2.05, 4.69) is 10.3 Å². The topological polar surface area (TPSA) is 82.5 Å². The minimum atomic E-state index is -1.04. The van der Waals surface area contributed by atoms with Crippen LogP contribution in [-0.2, 0) is 0 Å². The van der Waals surface area contributed by atoms with Gasteiger partial charge < -0.3 is 15.5 Å². The molecular weight excluding hydrogens is 232 g/mol. The highest BCUT2D eigenvalue weighted by Crippen LogP contribution is 2.30. The molecule has 0 amide bonds. The number of aliphatic hydroxyl groups excluding tert-OH is 1. The third-order valence-corrected chi connectivity index (χ3v) is 3.38. The Hall–Kier alpha value is -1.62. The molecule has 5 heteroatoms. The third kappa shape index (κ3) is 3.20. The van der Waals surface area contributed by atoms with Crippen LogP contribution < -0.4 is 5.32 Å². The highest BCUT2D eigenvalue weighted by Gasteiger charge is 2.22. The van der Waals surface area contributed by atoms with E-state index in [1.165, 1.54) is 25.3 Å². The molecule has 0 aromatic carbocycles. The maximum atomic E-state index is 10.8. The van der Waals surface area contributed by atoms with E-state index in [-0.39, 0.29) is 18.3 Å². The minimum Gasteiger partial charge on any atom is -0.477 e. The lowest BCUT2D eigenvalue weighted by atomic mass is 9.81. The fraction of sp³-hybridized carbons (Fsp3) is 0.538. The van der Waals surface area contributed by atoms with Crippen LogP contribution >= 0.6 is 0 Å². The number of hydrogen-bond acceptors (Lipinski definition) is 4. The first kappa shape index (κ1) is 12.8. The van der Waals surface area contributed by atoms with Crippen molar-refractivity contribution in [2.24, 2.45) is 5.92 Å². The van der Waals surface area contributed by atoms with Crippen LogP contribution in [0.4, 0.5) is 5.82 Å². The van der Waals surface area contributed by atoms with Crippen LogP contribution in [0.25, 0.3) is 0 Å². The average Bonchev–Trinajstić information content (AvgIpc) is 2.32. The first-order valence-corrected chi connectivity index (χ1v) is 6.27. The molecule has 0 radical (unpaired) electrons. The van der Waals surface area contributed by atoms with Gasteiger partial charge in [0.05, 0.1) is 12.6 Å². The number of carbonyl (C=O) groups is 1. The summed E-state index contributed by atoms with van der Waals surface area (Å²) >= 11 is 0. The SMILES string of the molecule is O=C(O)c1cccc(NC(CO)CC2CCC2)n1. The Morgan fingerprint density at radius 1 is 1.50 bits per heavy atom. The number of hydrogen-bond donors (Lipinski definition) is 3. The van der Waals surface area contributed by atoms with Gasteiger partial charge in [-0.2, -0.15) is 0 Å². The first-order chi connectivity index (χ1) is 8.69. The molecular formula is C13H18N2O3. The van der Waals surface area contributed by atoms with E-state index in [0.717, 1.165) is 6.42 Å². The van der Waals surface area contributed by atoms with Crippen molar-refractivity contribution < 1.29 is 15.0 Å². The van der Waals surface area contributed by atoms with E-state index >= 15 is 0 Å². The molecule has 1 aliphatic carbocycles. The number of anilines is 1. The molecule has 0 spiro atoms. The Morgan fingerprint density at radius 3 is 2.83 bits per heavy atom. The number of aromatic carboxylic acids is 1. The van der Waals surface area contributed by atoms with Crippen molar-refractivity contribution in [3.63, 3.8) is 0 Å². The van der Waals surface area contributed by atoms with Gasteiger partial charge in [-0.25, -0.2) is 9.78 Å². The number of nitrogens with zero attached hydrogens (tertiary/aromatic N) is 1. The second-order valence-electron chi connectivity index (χ2n) is 4.77. The molecule has 1 atom stereocenters. The second kappa shape index (κ2) is 5.82. The second-order valence-corrected chi connectivity index (χ2v) is 4.77. The number of rotatable bonds is 6. The van der Waals surface area contributed by atoms with Gasteiger partial charge in [0.1, 0.15) is 5.82 Å². The van der Waals surface area contributed by atoms with Gasteiger partial charge in [0.15, 0.2) is 5.69 Å². The van der Waals surface area contributed by atoms with E-state index in [1.54, 1.807) is 12.1 Å². The summed E-state index contributed by atoms with van der Waals surface area (Å²) in [6.07, 6.45) is 4.63. The normalized spacial score (nSPS) is 16.9. The van der Waals surface area contributed by atoms with Gasteiger partial charge in [0.25, 0.3) is 0 Å². The molecule has 1 saturated carbocycles. The predicted molar refractivity (Wildman–Crippen MR) is 67.7 cm³/mol. The summed E-state index contributed by atoms with van der Waals surface area (Å²) in [6, 6.07) is 4.77. The number of aromatic nitrogens is 1. The van der Waals surface area contributed by atoms with Gasteiger partial charge in [-0.05, 0) is 24.5 Å². The highest BCUT2D eigenvalue weighted by molar-refractivity contribution is 5.85. The molecule has 1 aliphatic rings. The predicted octanol–water partition coefficient (Wildman–Crippen LogP) is 1.74. The number of carboxylic acid groups (broad SMARTS) is 1. The van der Waals surface area contributed by atoms with Crippen LogP contribution in [0.2, 0.25) is 0 Å². The molecule has 0 bridgehead atoms. The molecule has 98 valence electrons. The van der Waals surface area contributed by atoms with Crippen LogP contribution in [0.3, 0.4) is 0 Å². The maximum Gasteiger partial charge on any atom is 0.354 e. The monoisotopic (exact) mass is 250 g/mol. The van der Waals surface area contributed by atoms with Gasteiger partial charge in [-0.1, -0.05) is 25.3 Å². The summed E-state index contributed by atoms with van der Waals surface area (Å²) in [6.45, 7) is 0.0372. The van der Waals surface area contributed by atoms with Crippen molar-refractivity contribution in [1.29, 1.82) is 0 Å². The molecule has 1 fully saturated rings. The van der Waals surface area contributed by atoms with Crippen molar-refractivity contribution in [2.75, 3.05) is 11.9 Å². The summed E-state index contributed by atoms with van der Waals surface area (Å²) in [4.78, 5) is 14.8. The van der Waals surface area contributed by atoms with Crippen LogP contribution in [0.1, 0.15) is 36.2 Å².